The molecule has 0 aromatic carbocycles. The van der Waals surface area contributed by atoms with Gasteiger partial charge in [0, 0.05) is 28.2 Å². The zero-order valence-corrected chi connectivity index (χ0v) is 22.0. The van der Waals surface area contributed by atoms with Gasteiger partial charge in [-0.2, -0.15) is 0 Å². The molecule has 198 valence electrons. The van der Waals surface area contributed by atoms with Crippen molar-refractivity contribution in [2.24, 2.45) is 0 Å². The minimum Gasteiger partial charge on any atom is -0.549 e. The van der Waals surface area contributed by atoms with Gasteiger partial charge in [0.15, 0.2) is 0 Å². The van der Waals surface area contributed by atoms with Gasteiger partial charge < -0.3 is 49.4 Å². The maximum atomic E-state index is 9.43. The van der Waals surface area contributed by atoms with Gasteiger partial charge in [-0.25, -0.2) is 0 Å². The Morgan fingerprint density at radius 2 is 0.625 bits per heavy atom. The second-order valence-corrected chi connectivity index (χ2v) is 5.23. The van der Waals surface area contributed by atoms with E-state index >= 15 is 0 Å². The molecule has 0 unspecified atom stereocenters. The third-order valence-electron chi connectivity index (χ3n) is 0.858. The van der Waals surface area contributed by atoms with Crippen LogP contribution in [0.1, 0.15) is 0 Å². The number of carbonyl (C=O) groups is 6. The minimum atomic E-state index is -1.23. The molecule has 0 spiro atoms. The first-order chi connectivity index (χ1) is 13.6. The number of nitrogens with zero attached hydrogens (tertiary/aromatic N) is 2. The molecule has 0 heterocycles. The van der Waals surface area contributed by atoms with Crippen LogP contribution in [0.2, 0.25) is 0 Å². The van der Waals surface area contributed by atoms with Crippen LogP contribution in [0.25, 0.3) is 0 Å². The molecule has 0 aromatic heterocycles. The van der Waals surface area contributed by atoms with E-state index in [-0.39, 0.29) is 34.1 Å². The molecule has 0 N–H and O–H groups in total. The molecule has 0 rings (SSSR count). The Morgan fingerprint density at radius 1 is 0.562 bits per heavy atom. The van der Waals surface area contributed by atoms with Crippen molar-refractivity contribution in [1.29, 1.82) is 0 Å². The van der Waals surface area contributed by atoms with E-state index in [0.717, 1.165) is 12.8 Å². The topological polar surface area (TPSA) is 201 Å². The van der Waals surface area contributed by atoms with Crippen molar-refractivity contribution < 1.29 is 83.3 Å². The van der Waals surface area contributed by atoms with E-state index in [9.17, 15) is 9.59 Å². The fourth-order valence-corrected chi connectivity index (χ4v) is 0. The SMILES string of the molecule is CN(C)C=O.CN(C)C=O.O=C([O-])CCl.O=C([O-])CCl.O=C([O-])CCl.O=C([O-])CCl.[Cu+2].[Cu+2]. The molecule has 0 bridgehead atoms. The smallest absolute Gasteiger partial charge is 0.549 e. The number of halogens is 4. The Kier molecular flexibility index (Phi) is 78.6. The summed E-state index contributed by atoms with van der Waals surface area (Å²) in [5.74, 6) is -6.59. The first-order valence-electron chi connectivity index (χ1n) is 6.89. The van der Waals surface area contributed by atoms with Gasteiger partial charge in [-0.05, 0) is 0 Å². The van der Waals surface area contributed by atoms with Gasteiger partial charge in [0.05, 0.1) is 47.4 Å². The number of rotatable bonds is 6. The average molecular weight is 647 g/mol. The quantitative estimate of drug-likeness (QED) is 0.153. The summed E-state index contributed by atoms with van der Waals surface area (Å²) in [6.45, 7) is 0. The Hall–Kier alpha value is -0.981. The molecule has 0 aliphatic rings. The monoisotopic (exact) mass is 644 g/mol. The fraction of sp³-hybridized carbons (Fsp3) is 0.571. The Bertz CT molecular complexity index is 395. The molecule has 32 heavy (non-hydrogen) atoms. The summed E-state index contributed by atoms with van der Waals surface area (Å²) in [6, 6.07) is 0. The van der Waals surface area contributed by atoms with Crippen LogP contribution in [0.5, 0.6) is 0 Å². The summed E-state index contributed by atoms with van der Waals surface area (Å²) < 4.78 is 0. The summed E-state index contributed by atoms with van der Waals surface area (Å²) in [7, 11) is 6.75. The van der Waals surface area contributed by atoms with E-state index in [2.05, 4.69) is 46.4 Å². The van der Waals surface area contributed by atoms with Crippen molar-refractivity contribution in [3.63, 3.8) is 0 Å². The van der Waals surface area contributed by atoms with E-state index < -0.39 is 47.4 Å². The van der Waals surface area contributed by atoms with Crippen LogP contribution < -0.4 is 20.4 Å². The van der Waals surface area contributed by atoms with Gasteiger partial charge in [-0.15, -0.1) is 46.4 Å². The number of carbonyl (C=O) groups excluding carboxylic acids is 6. The number of alkyl halides is 4. The first kappa shape index (κ1) is 52.8. The number of carboxylic acid groups (broad SMARTS) is 4. The van der Waals surface area contributed by atoms with Crippen LogP contribution in [0.4, 0.5) is 0 Å². The number of amides is 2. The molecule has 0 atom stereocenters. The molecule has 0 aromatic rings. The van der Waals surface area contributed by atoms with Gasteiger partial charge in [0.25, 0.3) is 0 Å². The minimum absolute atomic E-state index is 0. The van der Waals surface area contributed by atoms with Crippen LogP contribution in [-0.2, 0) is 62.9 Å². The maximum absolute atomic E-state index is 9.43. The predicted octanol–water partition coefficient (Wildman–Crippen LogP) is -4.70. The van der Waals surface area contributed by atoms with Crippen LogP contribution in [-0.4, -0.2) is 98.2 Å². The summed E-state index contributed by atoms with van der Waals surface area (Å²) in [4.78, 5) is 58.2. The number of hydrogen-bond donors (Lipinski definition) is 0. The van der Waals surface area contributed by atoms with E-state index in [1.54, 1.807) is 28.2 Å². The van der Waals surface area contributed by atoms with Gasteiger partial charge in [0.2, 0.25) is 12.8 Å². The Balaban J connectivity index is -0.0000000356. The van der Waals surface area contributed by atoms with Crippen molar-refractivity contribution >= 4 is 83.1 Å². The Morgan fingerprint density at radius 3 is 0.625 bits per heavy atom. The van der Waals surface area contributed by atoms with Gasteiger partial charge in [0.1, 0.15) is 0 Å². The second kappa shape index (κ2) is 47.7. The molecular formula is C14H22Cl4Cu2N2O10. The van der Waals surface area contributed by atoms with Crippen molar-refractivity contribution in [3.05, 3.63) is 0 Å². The van der Waals surface area contributed by atoms with Crippen molar-refractivity contribution in [1.82, 2.24) is 9.80 Å². The fourth-order valence-electron chi connectivity index (χ4n) is 0. The van der Waals surface area contributed by atoms with Crippen LogP contribution in [0, 0.1) is 0 Å². The first-order valence-corrected chi connectivity index (χ1v) is 9.03. The molecular weight excluding hydrogens is 625 g/mol. The number of hydrogen-bond acceptors (Lipinski definition) is 10. The van der Waals surface area contributed by atoms with Crippen LogP contribution >= 0.6 is 46.4 Å². The largest absolute Gasteiger partial charge is 2.00 e. The van der Waals surface area contributed by atoms with Crippen molar-refractivity contribution in [3.8, 4) is 0 Å². The molecule has 2 amide bonds. The summed E-state index contributed by atoms with van der Waals surface area (Å²) in [5, 5.41) is 36.5. The molecule has 12 nitrogen and oxygen atoms in total. The van der Waals surface area contributed by atoms with Crippen LogP contribution in [0.15, 0.2) is 0 Å². The van der Waals surface area contributed by atoms with Crippen molar-refractivity contribution in [2.75, 3.05) is 51.7 Å². The zero-order chi connectivity index (χ0) is 25.7. The third-order valence-corrected chi connectivity index (χ3v) is 1.73. The molecule has 18 heteroatoms. The zero-order valence-electron chi connectivity index (χ0n) is 17.1. The van der Waals surface area contributed by atoms with E-state index in [0.29, 0.717) is 0 Å². The molecule has 0 fully saturated rings. The third kappa shape index (κ3) is 188. The summed E-state index contributed by atoms with van der Waals surface area (Å²) in [5.41, 5.74) is 0. The van der Waals surface area contributed by atoms with Gasteiger partial charge >= 0.3 is 34.1 Å². The summed E-state index contributed by atoms with van der Waals surface area (Å²) in [6.07, 6.45) is 1.50. The maximum Gasteiger partial charge on any atom is 2.00 e. The van der Waals surface area contributed by atoms with E-state index in [1.807, 2.05) is 0 Å². The number of carboxylic acids is 4. The van der Waals surface area contributed by atoms with Crippen molar-refractivity contribution in [2.45, 2.75) is 0 Å². The second-order valence-electron chi connectivity index (χ2n) is 4.16. The van der Waals surface area contributed by atoms with Gasteiger partial charge in [-0.1, -0.05) is 0 Å². The Labute approximate surface area is 227 Å². The molecule has 0 aliphatic carbocycles. The number of aliphatic carboxylic acids is 4. The molecule has 0 aliphatic heterocycles. The molecule has 0 saturated heterocycles. The van der Waals surface area contributed by atoms with E-state index in [4.69, 9.17) is 39.6 Å². The summed E-state index contributed by atoms with van der Waals surface area (Å²) >= 11 is 18.7. The predicted molar refractivity (Wildman–Crippen MR) is 102 cm³/mol. The van der Waals surface area contributed by atoms with Gasteiger partial charge in [-0.3, -0.25) is 9.59 Å². The molecule has 0 saturated carbocycles. The normalized spacial score (nSPS) is 6.75. The average Bonchev–Trinajstić information content (AvgIpc) is 2.69. The molecule has 2 radical (unpaired) electrons. The van der Waals surface area contributed by atoms with E-state index in [1.165, 1.54) is 9.80 Å². The van der Waals surface area contributed by atoms with Crippen LogP contribution in [0.3, 0.4) is 0 Å². The standard InChI is InChI=1S/2C3H7NO.4C2H3ClO2.2Cu/c2*1-4(2)3-5;4*3-1-2(4)5;;/h2*3H,1-2H3;4*1H2,(H,4,5);;/q;;;;;;2*+2/p-4.